The second kappa shape index (κ2) is 5.93. The lowest BCUT2D eigenvalue weighted by atomic mass is 10.2. The maximum Gasteiger partial charge on any atom is 0.0997 e. The summed E-state index contributed by atoms with van der Waals surface area (Å²) in [6.45, 7) is 3.60. The fourth-order valence-electron chi connectivity index (χ4n) is 2.39. The Hall–Kier alpha value is -2.40. The van der Waals surface area contributed by atoms with Crippen molar-refractivity contribution >= 4 is 0 Å². The summed E-state index contributed by atoms with van der Waals surface area (Å²) in [6.07, 6.45) is 8.70. The number of aromatic nitrogens is 4. The third kappa shape index (κ3) is 2.73. The molecule has 0 spiro atoms. The molecule has 108 valence electrons. The zero-order valence-corrected chi connectivity index (χ0v) is 12.1. The van der Waals surface area contributed by atoms with Crippen molar-refractivity contribution in [2.75, 3.05) is 0 Å². The van der Waals surface area contributed by atoms with Crippen molar-refractivity contribution in [2.24, 2.45) is 5.73 Å². The van der Waals surface area contributed by atoms with E-state index in [1.807, 2.05) is 35.5 Å². The van der Waals surface area contributed by atoms with Crippen molar-refractivity contribution in [3.8, 4) is 16.9 Å². The van der Waals surface area contributed by atoms with Gasteiger partial charge in [0.15, 0.2) is 0 Å². The minimum Gasteiger partial charge on any atom is -0.326 e. The highest BCUT2D eigenvalue weighted by Crippen LogP contribution is 2.22. The molecule has 0 saturated carbocycles. The second-order valence-corrected chi connectivity index (χ2v) is 5.01. The molecular formula is C16H19N5. The Morgan fingerprint density at radius 3 is 2.95 bits per heavy atom. The van der Waals surface area contributed by atoms with E-state index in [4.69, 9.17) is 5.73 Å². The van der Waals surface area contributed by atoms with Crippen molar-refractivity contribution in [1.29, 1.82) is 0 Å². The van der Waals surface area contributed by atoms with Crippen LogP contribution in [0.5, 0.6) is 0 Å². The number of nitrogens with zero attached hydrogens (tertiary/aromatic N) is 4. The Morgan fingerprint density at radius 1 is 1.24 bits per heavy atom. The molecule has 0 aliphatic rings. The van der Waals surface area contributed by atoms with Gasteiger partial charge in [-0.3, -0.25) is 9.25 Å². The van der Waals surface area contributed by atoms with Crippen LogP contribution in [0, 0.1) is 0 Å². The van der Waals surface area contributed by atoms with Gasteiger partial charge in [0, 0.05) is 30.5 Å². The van der Waals surface area contributed by atoms with E-state index in [2.05, 4.69) is 39.9 Å². The zero-order chi connectivity index (χ0) is 14.7. The number of hydrogen-bond donors (Lipinski definition) is 1. The van der Waals surface area contributed by atoms with Gasteiger partial charge in [0.05, 0.1) is 24.4 Å². The van der Waals surface area contributed by atoms with E-state index in [0.29, 0.717) is 6.54 Å². The number of rotatable bonds is 5. The topological polar surface area (TPSA) is 61.7 Å². The van der Waals surface area contributed by atoms with Crippen LogP contribution < -0.4 is 5.73 Å². The Labute approximate surface area is 124 Å². The van der Waals surface area contributed by atoms with Gasteiger partial charge in [0.1, 0.15) is 0 Å². The highest BCUT2D eigenvalue weighted by molar-refractivity contribution is 5.60. The van der Waals surface area contributed by atoms with Crippen molar-refractivity contribution in [1.82, 2.24) is 19.3 Å². The van der Waals surface area contributed by atoms with Crippen LogP contribution in [-0.4, -0.2) is 19.3 Å². The highest BCUT2D eigenvalue weighted by atomic mass is 15.3. The summed E-state index contributed by atoms with van der Waals surface area (Å²) in [5, 5.41) is 4.39. The van der Waals surface area contributed by atoms with Gasteiger partial charge in [-0.25, -0.2) is 4.98 Å². The molecule has 0 fully saturated rings. The fraction of sp³-hybridized carbons (Fsp3) is 0.250. The first-order valence-corrected chi connectivity index (χ1v) is 7.16. The number of nitrogens with two attached hydrogens (primary N) is 1. The molecule has 2 heterocycles. The molecule has 3 rings (SSSR count). The molecule has 3 aromatic rings. The summed E-state index contributed by atoms with van der Waals surface area (Å²) in [7, 11) is 0. The number of aryl methyl sites for hydroxylation is 1. The van der Waals surface area contributed by atoms with Gasteiger partial charge in [0.25, 0.3) is 0 Å². The predicted octanol–water partition coefficient (Wildman–Crippen LogP) is 2.60. The average molecular weight is 281 g/mol. The monoisotopic (exact) mass is 281 g/mol. The van der Waals surface area contributed by atoms with Gasteiger partial charge in [-0.1, -0.05) is 19.1 Å². The number of benzene rings is 1. The fourth-order valence-corrected chi connectivity index (χ4v) is 2.39. The van der Waals surface area contributed by atoms with Crippen LogP contribution in [0.2, 0.25) is 0 Å². The van der Waals surface area contributed by atoms with Crippen LogP contribution in [0.4, 0.5) is 0 Å². The molecule has 0 unspecified atom stereocenters. The van der Waals surface area contributed by atoms with Gasteiger partial charge in [0.2, 0.25) is 0 Å². The van der Waals surface area contributed by atoms with Gasteiger partial charge < -0.3 is 5.73 Å². The van der Waals surface area contributed by atoms with Crippen molar-refractivity contribution in [3.63, 3.8) is 0 Å². The summed E-state index contributed by atoms with van der Waals surface area (Å²) in [4.78, 5) is 4.28. The predicted molar refractivity (Wildman–Crippen MR) is 83.0 cm³/mol. The summed E-state index contributed by atoms with van der Waals surface area (Å²) in [6, 6.07) is 8.18. The standard InChI is InChI=1S/C16H19N5/c1-2-6-20-11-14(9-19-20)16-10-18-12-21(16)15-5-3-4-13(7-15)8-17/h3-5,7,9-12H,2,6,8,17H2,1H3. The van der Waals surface area contributed by atoms with Crippen molar-refractivity contribution < 1.29 is 0 Å². The lowest BCUT2D eigenvalue weighted by Gasteiger charge is -2.08. The van der Waals surface area contributed by atoms with Crippen LogP contribution in [0.1, 0.15) is 18.9 Å². The van der Waals surface area contributed by atoms with Crippen LogP contribution >= 0.6 is 0 Å². The zero-order valence-electron chi connectivity index (χ0n) is 12.1. The molecule has 5 nitrogen and oxygen atoms in total. The quantitative estimate of drug-likeness (QED) is 0.782. The van der Waals surface area contributed by atoms with Gasteiger partial charge in [-0.15, -0.1) is 0 Å². The van der Waals surface area contributed by atoms with Gasteiger partial charge in [-0.2, -0.15) is 5.10 Å². The van der Waals surface area contributed by atoms with Crippen LogP contribution in [-0.2, 0) is 13.1 Å². The third-order valence-electron chi connectivity index (χ3n) is 3.44. The van der Waals surface area contributed by atoms with Crippen LogP contribution in [0.15, 0.2) is 49.2 Å². The van der Waals surface area contributed by atoms with Crippen LogP contribution in [0.3, 0.4) is 0 Å². The summed E-state index contributed by atoms with van der Waals surface area (Å²) < 4.78 is 4.02. The molecule has 0 amide bonds. The molecule has 2 N–H and O–H groups in total. The molecule has 5 heteroatoms. The first-order valence-electron chi connectivity index (χ1n) is 7.16. The largest absolute Gasteiger partial charge is 0.326 e. The molecule has 21 heavy (non-hydrogen) atoms. The van der Waals surface area contributed by atoms with E-state index in [9.17, 15) is 0 Å². The first kappa shape index (κ1) is 13.6. The third-order valence-corrected chi connectivity index (χ3v) is 3.44. The Bertz CT molecular complexity index is 726. The molecule has 2 aromatic heterocycles. The molecule has 1 aromatic carbocycles. The lowest BCUT2D eigenvalue weighted by Crippen LogP contribution is -2.00. The summed E-state index contributed by atoms with van der Waals surface area (Å²) in [5.74, 6) is 0. The summed E-state index contributed by atoms with van der Waals surface area (Å²) in [5.41, 5.74) is 9.99. The number of hydrogen-bond acceptors (Lipinski definition) is 3. The molecule has 0 aliphatic heterocycles. The Morgan fingerprint density at radius 2 is 2.14 bits per heavy atom. The Balaban J connectivity index is 1.99. The van der Waals surface area contributed by atoms with E-state index in [1.165, 1.54) is 0 Å². The second-order valence-electron chi connectivity index (χ2n) is 5.01. The van der Waals surface area contributed by atoms with E-state index in [0.717, 1.165) is 35.5 Å². The molecule has 0 bridgehead atoms. The van der Waals surface area contributed by atoms with Gasteiger partial charge >= 0.3 is 0 Å². The minimum absolute atomic E-state index is 0.534. The van der Waals surface area contributed by atoms with E-state index in [-0.39, 0.29) is 0 Å². The lowest BCUT2D eigenvalue weighted by molar-refractivity contribution is 0.603. The maximum atomic E-state index is 5.72. The maximum absolute atomic E-state index is 5.72. The van der Waals surface area contributed by atoms with Crippen molar-refractivity contribution in [3.05, 3.63) is 54.7 Å². The number of imidazole rings is 1. The normalized spacial score (nSPS) is 11.0. The molecular weight excluding hydrogens is 262 g/mol. The van der Waals surface area contributed by atoms with E-state index in [1.54, 1.807) is 0 Å². The van der Waals surface area contributed by atoms with Crippen LogP contribution in [0.25, 0.3) is 16.9 Å². The Kier molecular flexibility index (Phi) is 3.83. The molecule has 0 radical (unpaired) electrons. The minimum atomic E-state index is 0.534. The first-order chi connectivity index (χ1) is 10.3. The van der Waals surface area contributed by atoms with E-state index >= 15 is 0 Å². The average Bonchev–Trinajstić information content (AvgIpc) is 3.16. The van der Waals surface area contributed by atoms with Crippen molar-refractivity contribution in [2.45, 2.75) is 26.4 Å². The highest BCUT2D eigenvalue weighted by Gasteiger charge is 2.09. The summed E-state index contributed by atoms with van der Waals surface area (Å²) >= 11 is 0. The molecule has 0 atom stereocenters. The SMILES string of the molecule is CCCn1cc(-c2cncn2-c2cccc(CN)c2)cn1. The smallest absolute Gasteiger partial charge is 0.0997 e. The van der Waals surface area contributed by atoms with Gasteiger partial charge in [-0.05, 0) is 24.1 Å². The molecule has 0 saturated heterocycles. The molecule has 0 aliphatic carbocycles. The van der Waals surface area contributed by atoms with E-state index < -0.39 is 0 Å².